The second-order valence-corrected chi connectivity index (χ2v) is 8.00. The van der Waals surface area contributed by atoms with Crippen molar-refractivity contribution in [2.45, 2.75) is 46.1 Å². The molecule has 0 unspecified atom stereocenters. The highest BCUT2D eigenvalue weighted by Crippen LogP contribution is 2.33. The van der Waals surface area contributed by atoms with Crippen LogP contribution in [0.1, 0.15) is 38.8 Å². The summed E-state index contributed by atoms with van der Waals surface area (Å²) >= 11 is 0. The molecule has 2 aromatic carbocycles. The molecule has 0 saturated heterocycles. The average Bonchev–Trinajstić information content (AvgIpc) is 2.62. The Bertz CT molecular complexity index is 1080. The number of carbonyl (C=O) groups excluding carboxylic acids is 1. The second kappa shape index (κ2) is 7.15. The van der Waals surface area contributed by atoms with Gasteiger partial charge in [-0.3, -0.25) is 4.79 Å². The SMILES string of the molecule is Cc1ccc2c(=O)c(O[C@H](C)C(=O)[O-])c(-c3ccc(C(C)(C)C)cc3)oc2c1. The molecule has 0 bridgehead atoms. The van der Waals surface area contributed by atoms with Crippen LogP contribution in [0.2, 0.25) is 0 Å². The van der Waals surface area contributed by atoms with E-state index in [1.807, 2.05) is 31.2 Å². The van der Waals surface area contributed by atoms with Crippen molar-refractivity contribution in [3.8, 4) is 17.1 Å². The number of carbonyl (C=O) groups is 1. The Morgan fingerprint density at radius 1 is 1.11 bits per heavy atom. The van der Waals surface area contributed by atoms with Crippen molar-refractivity contribution in [1.29, 1.82) is 0 Å². The molecule has 28 heavy (non-hydrogen) atoms. The maximum absolute atomic E-state index is 13.0. The van der Waals surface area contributed by atoms with Crippen LogP contribution in [0.3, 0.4) is 0 Å². The Hall–Kier alpha value is -3.08. The number of aliphatic carboxylic acids is 1. The monoisotopic (exact) mass is 379 g/mol. The molecule has 0 saturated carbocycles. The Balaban J connectivity index is 2.23. The molecule has 0 aliphatic rings. The Morgan fingerprint density at radius 2 is 1.75 bits per heavy atom. The van der Waals surface area contributed by atoms with Crippen LogP contribution in [0.5, 0.6) is 5.75 Å². The van der Waals surface area contributed by atoms with Crippen molar-refractivity contribution < 1.29 is 19.1 Å². The summed E-state index contributed by atoms with van der Waals surface area (Å²) in [5, 5.41) is 11.5. The molecule has 0 spiro atoms. The fraction of sp³-hybridized carbons (Fsp3) is 0.304. The van der Waals surface area contributed by atoms with Crippen molar-refractivity contribution in [3.63, 3.8) is 0 Å². The molecule has 1 aromatic heterocycles. The van der Waals surface area contributed by atoms with E-state index < -0.39 is 17.5 Å². The van der Waals surface area contributed by atoms with Crippen LogP contribution in [-0.4, -0.2) is 12.1 Å². The van der Waals surface area contributed by atoms with Crippen molar-refractivity contribution in [3.05, 3.63) is 63.8 Å². The normalized spacial score (nSPS) is 12.8. The summed E-state index contributed by atoms with van der Waals surface area (Å²) in [7, 11) is 0. The van der Waals surface area contributed by atoms with Gasteiger partial charge in [0.25, 0.3) is 0 Å². The highest BCUT2D eigenvalue weighted by molar-refractivity contribution is 5.83. The van der Waals surface area contributed by atoms with E-state index in [-0.39, 0.29) is 16.9 Å². The lowest BCUT2D eigenvalue weighted by atomic mass is 9.86. The molecule has 0 fully saturated rings. The number of benzene rings is 2. The van der Waals surface area contributed by atoms with Crippen molar-refractivity contribution in [2.75, 3.05) is 0 Å². The molecular formula is C23H23O5-. The van der Waals surface area contributed by atoms with Gasteiger partial charge in [0, 0.05) is 5.56 Å². The van der Waals surface area contributed by atoms with Gasteiger partial charge in [0.2, 0.25) is 11.2 Å². The number of hydrogen-bond acceptors (Lipinski definition) is 5. The number of rotatable bonds is 4. The number of carboxylic acid groups (broad SMARTS) is 1. The zero-order valence-corrected chi connectivity index (χ0v) is 16.7. The van der Waals surface area contributed by atoms with E-state index in [4.69, 9.17) is 9.15 Å². The summed E-state index contributed by atoms with van der Waals surface area (Å²) in [6.07, 6.45) is -1.29. The molecule has 0 N–H and O–H groups in total. The van der Waals surface area contributed by atoms with E-state index in [1.165, 1.54) is 6.92 Å². The smallest absolute Gasteiger partial charge is 0.235 e. The van der Waals surface area contributed by atoms with Crippen molar-refractivity contribution in [2.24, 2.45) is 0 Å². The van der Waals surface area contributed by atoms with E-state index in [2.05, 4.69) is 20.8 Å². The van der Waals surface area contributed by atoms with Gasteiger partial charge in [0.1, 0.15) is 11.7 Å². The van der Waals surface area contributed by atoms with E-state index in [0.717, 1.165) is 11.1 Å². The van der Waals surface area contributed by atoms with Gasteiger partial charge in [-0.2, -0.15) is 0 Å². The third-order valence-electron chi connectivity index (χ3n) is 4.65. The van der Waals surface area contributed by atoms with Gasteiger partial charge in [0.05, 0.1) is 11.4 Å². The van der Waals surface area contributed by atoms with Gasteiger partial charge in [-0.05, 0) is 42.5 Å². The Kier molecular flexibility index (Phi) is 5.02. The average molecular weight is 379 g/mol. The van der Waals surface area contributed by atoms with E-state index >= 15 is 0 Å². The number of carboxylic acids is 1. The topological polar surface area (TPSA) is 79.6 Å². The quantitative estimate of drug-likeness (QED) is 0.692. The molecule has 0 aliphatic heterocycles. The van der Waals surface area contributed by atoms with Crippen LogP contribution in [0.4, 0.5) is 0 Å². The molecule has 146 valence electrons. The summed E-state index contributed by atoms with van der Waals surface area (Å²) < 4.78 is 11.5. The summed E-state index contributed by atoms with van der Waals surface area (Å²) in [4.78, 5) is 24.2. The van der Waals surface area contributed by atoms with Gasteiger partial charge in [-0.1, -0.05) is 51.1 Å². The minimum Gasteiger partial charge on any atom is -0.546 e. The first kappa shape index (κ1) is 19.7. The van der Waals surface area contributed by atoms with Crippen LogP contribution >= 0.6 is 0 Å². The van der Waals surface area contributed by atoms with Crippen LogP contribution in [-0.2, 0) is 10.2 Å². The second-order valence-electron chi connectivity index (χ2n) is 8.00. The van der Waals surface area contributed by atoms with Gasteiger partial charge < -0.3 is 19.1 Å². The third kappa shape index (κ3) is 3.79. The molecule has 0 amide bonds. The largest absolute Gasteiger partial charge is 0.546 e. The Labute approximate surface area is 163 Å². The van der Waals surface area contributed by atoms with E-state index in [9.17, 15) is 14.7 Å². The molecule has 5 heteroatoms. The maximum Gasteiger partial charge on any atom is 0.235 e. The first-order valence-corrected chi connectivity index (χ1v) is 9.14. The number of ether oxygens (including phenoxy) is 1. The number of aryl methyl sites for hydroxylation is 1. The fourth-order valence-corrected chi connectivity index (χ4v) is 2.93. The first-order valence-electron chi connectivity index (χ1n) is 9.14. The van der Waals surface area contributed by atoms with Gasteiger partial charge in [0.15, 0.2) is 5.76 Å². The van der Waals surface area contributed by atoms with Crippen molar-refractivity contribution in [1.82, 2.24) is 0 Å². The summed E-state index contributed by atoms with van der Waals surface area (Å²) in [6.45, 7) is 9.55. The molecule has 1 atom stereocenters. The predicted molar refractivity (Wildman–Crippen MR) is 106 cm³/mol. The first-order chi connectivity index (χ1) is 13.1. The van der Waals surface area contributed by atoms with Crippen LogP contribution in [0.25, 0.3) is 22.3 Å². The standard InChI is InChI=1S/C23H24O5/c1-13-6-11-17-18(12-13)28-20(21(19(17)24)27-14(2)22(25)26)15-7-9-16(10-8-15)23(3,4)5/h6-12,14H,1-5H3,(H,25,26)/p-1/t14-/m1/s1. The van der Waals surface area contributed by atoms with Crippen LogP contribution in [0, 0.1) is 6.92 Å². The van der Waals surface area contributed by atoms with E-state index in [0.29, 0.717) is 16.5 Å². The fourth-order valence-electron chi connectivity index (χ4n) is 2.93. The molecule has 0 radical (unpaired) electrons. The Morgan fingerprint density at radius 3 is 2.32 bits per heavy atom. The lowest BCUT2D eigenvalue weighted by molar-refractivity contribution is -0.312. The van der Waals surface area contributed by atoms with Crippen LogP contribution < -0.4 is 15.3 Å². The molecular weight excluding hydrogens is 356 g/mol. The number of fused-ring (bicyclic) bond motifs is 1. The van der Waals surface area contributed by atoms with Crippen LogP contribution in [0.15, 0.2) is 51.7 Å². The van der Waals surface area contributed by atoms with Gasteiger partial charge in [-0.25, -0.2) is 0 Å². The predicted octanol–water partition coefficient (Wildman–Crippen LogP) is 3.58. The highest BCUT2D eigenvalue weighted by atomic mass is 16.5. The lowest BCUT2D eigenvalue weighted by Crippen LogP contribution is -2.38. The van der Waals surface area contributed by atoms with Gasteiger partial charge in [-0.15, -0.1) is 0 Å². The zero-order valence-electron chi connectivity index (χ0n) is 16.7. The van der Waals surface area contributed by atoms with E-state index in [1.54, 1.807) is 18.2 Å². The third-order valence-corrected chi connectivity index (χ3v) is 4.65. The summed E-state index contributed by atoms with van der Waals surface area (Å²) in [5.41, 5.74) is 2.69. The molecule has 3 rings (SSSR count). The highest BCUT2D eigenvalue weighted by Gasteiger charge is 2.21. The minimum atomic E-state index is -1.41. The maximum atomic E-state index is 13.0. The zero-order chi connectivity index (χ0) is 20.6. The molecule has 3 aromatic rings. The van der Waals surface area contributed by atoms with Crippen molar-refractivity contribution >= 4 is 16.9 Å². The lowest BCUT2D eigenvalue weighted by Gasteiger charge is -2.20. The minimum absolute atomic E-state index is 0.0251. The molecule has 1 heterocycles. The molecule has 0 aliphatic carbocycles. The molecule has 5 nitrogen and oxygen atoms in total. The number of hydrogen-bond donors (Lipinski definition) is 0. The van der Waals surface area contributed by atoms with Gasteiger partial charge >= 0.3 is 0 Å². The summed E-state index contributed by atoms with van der Waals surface area (Å²) in [5.74, 6) is -1.33. The summed E-state index contributed by atoms with van der Waals surface area (Å²) in [6, 6.07) is 12.8.